The van der Waals surface area contributed by atoms with Crippen molar-refractivity contribution in [3.63, 3.8) is 0 Å². The number of likely N-dealkylation sites (tertiary alicyclic amines) is 1. The van der Waals surface area contributed by atoms with Gasteiger partial charge in [0.25, 0.3) is 0 Å². The maximum atomic E-state index is 12.2. The van der Waals surface area contributed by atoms with E-state index in [1.54, 1.807) is 18.4 Å². The van der Waals surface area contributed by atoms with Gasteiger partial charge in [0, 0.05) is 44.2 Å². The van der Waals surface area contributed by atoms with Gasteiger partial charge in [-0.15, -0.1) is 11.3 Å². The molecule has 1 fully saturated rings. The first-order chi connectivity index (χ1) is 10.1. The van der Waals surface area contributed by atoms with Crippen molar-refractivity contribution in [2.45, 2.75) is 39.2 Å². The van der Waals surface area contributed by atoms with E-state index in [2.05, 4.69) is 24.1 Å². The Hall–Kier alpha value is -1.14. The predicted octanol–water partition coefficient (Wildman–Crippen LogP) is 2.31. The summed E-state index contributed by atoms with van der Waals surface area (Å²) in [5.41, 5.74) is 0. The molecule has 6 heteroatoms. The molecule has 1 aromatic rings. The molecule has 2 amide bonds. The maximum Gasteiger partial charge on any atom is 0.317 e. The van der Waals surface area contributed by atoms with Crippen molar-refractivity contribution in [1.82, 2.24) is 15.2 Å². The average molecular weight is 311 g/mol. The molecule has 0 saturated carbocycles. The SMILES string of the molecule is CCc1cnc(CCNC(=O)N2CC[C@H](C)[C@H](OC)C2)s1. The lowest BCUT2D eigenvalue weighted by Gasteiger charge is -2.36. The molecular formula is C15H25N3O2S. The number of nitrogens with zero attached hydrogens (tertiary/aromatic N) is 2. The van der Waals surface area contributed by atoms with Gasteiger partial charge in [-0.2, -0.15) is 0 Å². The Morgan fingerprint density at radius 3 is 3.10 bits per heavy atom. The number of urea groups is 1. The Labute approximate surface area is 130 Å². The summed E-state index contributed by atoms with van der Waals surface area (Å²) in [7, 11) is 1.72. The van der Waals surface area contributed by atoms with Crippen molar-refractivity contribution in [1.29, 1.82) is 0 Å². The lowest BCUT2D eigenvalue weighted by Crippen LogP contribution is -2.50. The number of aryl methyl sites for hydroxylation is 1. The van der Waals surface area contributed by atoms with Crippen LogP contribution in [0.5, 0.6) is 0 Å². The van der Waals surface area contributed by atoms with E-state index < -0.39 is 0 Å². The molecule has 0 aliphatic carbocycles. The molecule has 0 bridgehead atoms. The van der Waals surface area contributed by atoms with Crippen molar-refractivity contribution in [3.05, 3.63) is 16.1 Å². The van der Waals surface area contributed by atoms with E-state index in [0.717, 1.165) is 30.8 Å². The molecular weight excluding hydrogens is 286 g/mol. The van der Waals surface area contributed by atoms with E-state index in [1.807, 2.05) is 11.1 Å². The lowest BCUT2D eigenvalue weighted by molar-refractivity contribution is 0.00722. The van der Waals surface area contributed by atoms with Gasteiger partial charge in [-0.25, -0.2) is 9.78 Å². The number of piperidine rings is 1. The molecule has 2 rings (SSSR count). The summed E-state index contributed by atoms with van der Waals surface area (Å²) in [5.74, 6) is 0.516. The minimum atomic E-state index is 0.0104. The van der Waals surface area contributed by atoms with Crippen LogP contribution in [0.15, 0.2) is 6.20 Å². The fraction of sp³-hybridized carbons (Fsp3) is 0.733. The van der Waals surface area contributed by atoms with E-state index in [0.29, 0.717) is 19.0 Å². The molecule has 5 nitrogen and oxygen atoms in total. The van der Waals surface area contributed by atoms with Crippen molar-refractivity contribution < 1.29 is 9.53 Å². The van der Waals surface area contributed by atoms with Gasteiger partial charge in [0.05, 0.1) is 11.1 Å². The number of hydrogen-bond acceptors (Lipinski definition) is 4. The van der Waals surface area contributed by atoms with Crippen LogP contribution in [0.1, 0.15) is 30.2 Å². The van der Waals surface area contributed by atoms with Crippen LogP contribution in [-0.2, 0) is 17.6 Å². The van der Waals surface area contributed by atoms with E-state index in [4.69, 9.17) is 4.74 Å². The summed E-state index contributed by atoms with van der Waals surface area (Å²) in [6.45, 7) is 6.43. The average Bonchev–Trinajstić information content (AvgIpc) is 2.95. The topological polar surface area (TPSA) is 54.5 Å². The second-order valence-electron chi connectivity index (χ2n) is 5.54. The summed E-state index contributed by atoms with van der Waals surface area (Å²) in [5, 5.41) is 4.08. The van der Waals surface area contributed by atoms with Crippen molar-refractivity contribution in [3.8, 4) is 0 Å². The monoisotopic (exact) mass is 311 g/mol. The molecule has 1 aliphatic heterocycles. The molecule has 0 radical (unpaired) electrons. The van der Waals surface area contributed by atoms with Crippen molar-refractivity contribution >= 4 is 17.4 Å². The van der Waals surface area contributed by atoms with Crippen molar-refractivity contribution in [2.75, 3.05) is 26.7 Å². The molecule has 0 spiro atoms. The zero-order valence-corrected chi connectivity index (χ0v) is 13.9. The minimum absolute atomic E-state index is 0.0104. The summed E-state index contributed by atoms with van der Waals surface area (Å²) in [6, 6.07) is 0.0104. The zero-order chi connectivity index (χ0) is 15.2. The van der Waals surface area contributed by atoms with Gasteiger partial charge in [0.15, 0.2) is 0 Å². The fourth-order valence-electron chi connectivity index (χ4n) is 2.54. The second kappa shape index (κ2) is 7.75. The summed E-state index contributed by atoms with van der Waals surface area (Å²) < 4.78 is 5.44. The first kappa shape index (κ1) is 16.2. The highest BCUT2D eigenvalue weighted by Gasteiger charge is 2.28. The smallest absolute Gasteiger partial charge is 0.317 e. The van der Waals surface area contributed by atoms with Crippen LogP contribution in [0.4, 0.5) is 4.79 Å². The number of ether oxygens (including phenoxy) is 1. The van der Waals surface area contributed by atoms with E-state index in [1.165, 1.54) is 4.88 Å². The third-order valence-electron chi connectivity index (χ3n) is 4.04. The third kappa shape index (κ3) is 4.41. The van der Waals surface area contributed by atoms with Crippen LogP contribution in [0, 0.1) is 5.92 Å². The van der Waals surface area contributed by atoms with Gasteiger partial charge in [0.2, 0.25) is 0 Å². The molecule has 2 heterocycles. The Bertz CT molecular complexity index is 464. The first-order valence-electron chi connectivity index (χ1n) is 7.63. The highest BCUT2D eigenvalue weighted by atomic mass is 32.1. The molecule has 1 aromatic heterocycles. The van der Waals surface area contributed by atoms with Crippen LogP contribution in [-0.4, -0.2) is 48.8 Å². The molecule has 0 unspecified atom stereocenters. The van der Waals surface area contributed by atoms with Gasteiger partial charge < -0.3 is 15.0 Å². The normalized spacial score (nSPS) is 22.3. The number of aromatic nitrogens is 1. The van der Waals surface area contributed by atoms with E-state index in [-0.39, 0.29) is 12.1 Å². The number of rotatable bonds is 5. The molecule has 1 N–H and O–H groups in total. The number of nitrogens with one attached hydrogen (secondary N) is 1. The van der Waals surface area contributed by atoms with Crippen LogP contribution in [0.3, 0.4) is 0 Å². The highest BCUT2D eigenvalue weighted by Crippen LogP contribution is 2.19. The molecule has 1 aliphatic rings. The van der Waals surface area contributed by atoms with Crippen molar-refractivity contribution in [2.24, 2.45) is 5.92 Å². The van der Waals surface area contributed by atoms with Crippen LogP contribution >= 0.6 is 11.3 Å². The van der Waals surface area contributed by atoms with Gasteiger partial charge in [-0.3, -0.25) is 0 Å². The van der Waals surface area contributed by atoms with Gasteiger partial charge in [-0.05, 0) is 18.8 Å². The van der Waals surface area contributed by atoms with Gasteiger partial charge >= 0.3 is 6.03 Å². The number of methoxy groups -OCH3 is 1. The first-order valence-corrected chi connectivity index (χ1v) is 8.44. The molecule has 21 heavy (non-hydrogen) atoms. The predicted molar refractivity (Wildman–Crippen MR) is 84.7 cm³/mol. The number of carbonyl (C=O) groups is 1. The minimum Gasteiger partial charge on any atom is -0.379 e. The number of amides is 2. The van der Waals surface area contributed by atoms with Crippen LogP contribution in [0.25, 0.3) is 0 Å². The summed E-state index contributed by atoms with van der Waals surface area (Å²) in [4.78, 5) is 19.7. The summed E-state index contributed by atoms with van der Waals surface area (Å²) in [6.07, 6.45) is 4.90. The number of thiazole rings is 1. The third-order valence-corrected chi connectivity index (χ3v) is 5.25. The Balaban J connectivity index is 1.74. The molecule has 1 saturated heterocycles. The zero-order valence-electron chi connectivity index (χ0n) is 13.1. The fourth-order valence-corrected chi connectivity index (χ4v) is 3.40. The quantitative estimate of drug-likeness (QED) is 0.908. The Kier molecular flexibility index (Phi) is 5.99. The standard InChI is InChI=1S/C15H25N3O2S/c1-4-12-9-17-14(21-12)5-7-16-15(19)18-8-6-11(2)13(10-18)20-3/h9,11,13H,4-8,10H2,1-3H3,(H,16,19)/t11-,13+/m0/s1. The Morgan fingerprint density at radius 1 is 1.62 bits per heavy atom. The van der Waals surface area contributed by atoms with Gasteiger partial charge in [-0.1, -0.05) is 13.8 Å². The van der Waals surface area contributed by atoms with Crippen LogP contribution in [0.2, 0.25) is 0 Å². The maximum absolute atomic E-state index is 12.2. The highest BCUT2D eigenvalue weighted by molar-refractivity contribution is 7.11. The van der Waals surface area contributed by atoms with Crippen LogP contribution < -0.4 is 5.32 Å². The molecule has 2 atom stereocenters. The van der Waals surface area contributed by atoms with E-state index >= 15 is 0 Å². The second-order valence-corrected chi connectivity index (χ2v) is 6.74. The Morgan fingerprint density at radius 2 is 2.43 bits per heavy atom. The largest absolute Gasteiger partial charge is 0.379 e. The lowest BCUT2D eigenvalue weighted by atomic mass is 9.96. The molecule has 118 valence electrons. The van der Waals surface area contributed by atoms with Gasteiger partial charge in [0.1, 0.15) is 0 Å². The summed E-state index contributed by atoms with van der Waals surface area (Å²) >= 11 is 1.73. The number of carbonyl (C=O) groups excluding carboxylic acids is 1. The molecule has 0 aromatic carbocycles. The van der Waals surface area contributed by atoms with E-state index in [9.17, 15) is 4.79 Å². The number of hydrogen-bond donors (Lipinski definition) is 1.